The number of non-ortho nitro benzene ring substituents is 1. The number of benzene rings is 1. The summed E-state index contributed by atoms with van der Waals surface area (Å²) in [7, 11) is 1.59. The molecular weight excluding hydrogens is 270 g/mol. The Morgan fingerprint density at radius 2 is 2.05 bits per heavy atom. The number of nitro benzene ring substituents is 1. The van der Waals surface area contributed by atoms with Gasteiger partial charge in [-0.2, -0.15) is 0 Å². The highest BCUT2D eigenvalue weighted by molar-refractivity contribution is 5.34. The molecule has 2 rings (SSSR count). The van der Waals surface area contributed by atoms with Gasteiger partial charge in [0.2, 0.25) is 5.88 Å². The highest BCUT2D eigenvalue weighted by Gasteiger charge is 2.10. The lowest BCUT2D eigenvalue weighted by atomic mass is 10.1. The molecule has 0 bridgehead atoms. The molecule has 6 nitrogen and oxygen atoms in total. The molecule has 1 atom stereocenters. The average Bonchev–Trinajstić information content (AvgIpc) is 2.52. The normalized spacial score (nSPS) is 11.9. The van der Waals surface area contributed by atoms with Crippen molar-refractivity contribution >= 4 is 5.69 Å². The van der Waals surface area contributed by atoms with Crippen molar-refractivity contribution in [3.63, 3.8) is 0 Å². The van der Waals surface area contributed by atoms with Crippen LogP contribution in [-0.4, -0.2) is 17.0 Å². The highest BCUT2D eigenvalue weighted by atomic mass is 16.6. The minimum Gasteiger partial charge on any atom is -0.481 e. The van der Waals surface area contributed by atoms with Crippen molar-refractivity contribution in [1.82, 2.24) is 10.3 Å². The van der Waals surface area contributed by atoms with Gasteiger partial charge < -0.3 is 10.1 Å². The molecular formula is C15H17N3O3. The summed E-state index contributed by atoms with van der Waals surface area (Å²) in [6.07, 6.45) is 1.68. The SMILES string of the molecule is COc1ncccc1CNC(C)c1ccc([N+](=O)[O-])cc1. The van der Waals surface area contributed by atoms with E-state index in [0.29, 0.717) is 12.4 Å². The van der Waals surface area contributed by atoms with Crippen LogP contribution in [0.2, 0.25) is 0 Å². The second kappa shape index (κ2) is 6.81. The third kappa shape index (κ3) is 3.76. The van der Waals surface area contributed by atoms with E-state index < -0.39 is 4.92 Å². The van der Waals surface area contributed by atoms with Gasteiger partial charge in [0.25, 0.3) is 5.69 Å². The van der Waals surface area contributed by atoms with Gasteiger partial charge in [-0.3, -0.25) is 10.1 Å². The summed E-state index contributed by atoms with van der Waals surface area (Å²) in [5.74, 6) is 0.598. The maximum absolute atomic E-state index is 10.6. The van der Waals surface area contributed by atoms with Crippen molar-refractivity contribution in [1.29, 1.82) is 0 Å². The predicted molar refractivity (Wildman–Crippen MR) is 79.1 cm³/mol. The van der Waals surface area contributed by atoms with Crippen LogP contribution < -0.4 is 10.1 Å². The lowest BCUT2D eigenvalue weighted by molar-refractivity contribution is -0.384. The Bertz CT molecular complexity index is 614. The molecule has 1 aromatic carbocycles. The van der Waals surface area contributed by atoms with E-state index in [2.05, 4.69) is 10.3 Å². The number of pyridine rings is 1. The number of nitro groups is 1. The van der Waals surface area contributed by atoms with E-state index >= 15 is 0 Å². The van der Waals surface area contributed by atoms with E-state index in [-0.39, 0.29) is 11.7 Å². The molecule has 110 valence electrons. The van der Waals surface area contributed by atoms with Gasteiger partial charge in [-0.05, 0) is 18.6 Å². The van der Waals surface area contributed by atoms with Crippen molar-refractivity contribution in [3.8, 4) is 5.88 Å². The van der Waals surface area contributed by atoms with Crippen LogP contribution in [0.1, 0.15) is 24.1 Å². The largest absolute Gasteiger partial charge is 0.481 e. The van der Waals surface area contributed by atoms with E-state index in [0.717, 1.165) is 11.1 Å². The zero-order valence-corrected chi connectivity index (χ0v) is 11.9. The van der Waals surface area contributed by atoms with Crippen molar-refractivity contribution in [2.24, 2.45) is 0 Å². The predicted octanol–water partition coefficient (Wildman–Crippen LogP) is 2.85. The smallest absolute Gasteiger partial charge is 0.269 e. The third-order valence-electron chi connectivity index (χ3n) is 3.25. The lowest BCUT2D eigenvalue weighted by Crippen LogP contribution is -2.18. The average molecular weight is 287 g/mol. The van der Waals surface area contributed by atoms with Crippen LogP contribution in [0.25, 0.3) is 0 Å². The maximum atomic E-state index is 10.6. The molecule has 21 heavy (non-hydrogen) atoms. The Balaban J connectivity index is 2.01. The topological polar surface area (TPSA) is 77.3 Å². The summed E-state index contributed by atoms with van der Waals surface area (Å²) in [4.78, 5) is 14.4. The lowest BCUT2D eigenvalue weighted by Gasteiger charge is -2.15. The first-order valence-corrected chi connectivity index (χ1v) is 6.57. The van der Waals surface area contributed by atoms with E-state index in [1.165, 1.54) is 12.1 Å². The molecule has 1 N–H and O–H groups in total. The summed E-state index contributed by atoms with van der Waals surface area (Å²) in [5, 5.41) is 14.0. The first-order valence-electron chi connectivity index (χ1n) is 6.57. The first kappa shape index (κ1) is 14.9. The van der Waals surface area contributed by atoms with E-state index in [4.69, 9.17) is 4.74 Å². The fourth-order valence-electron chi connectivity index (χ4n) is 2.01. The molecule has 1 unspecified atom stereocenters. The fraction of sp³-hybridized carbons (Fsp3) is 0.267. The fourth-order valence-corrected chi connectivity index (χ4v) is 2.01. The number of nitrogens with zero attached hydrogens (tertiary/aromatic N) is 2. The van der Waals surface area contributed by atoms with Crippen molar-refractivity contribution in [3.05, 3.63) is 63.8 Å². The Morgan fingerprint density at radius 3 is 2.67 bits per heavy atom. The van der Waals surface area contributed by atoms with Crippen molar-refractivity contribution in [2.75, 3.05) is 7.11 Å². The summed E-state index contributed by atoms with van der Waals surface area (Å²) in [6, 6.07) is 10.4. The van der Waals surface area contributed by atoms with Gasteiger partial charge in [-0.1, -0.05) is 18.2 Å². The Labute approximate surface area is 122 Å². The molecule has 1 aromatic heterocycles. The molecule has 0 amide bonds. The molecule has 0 radical (unpaired) electrons. The summed E-state index contributed by atoms with van der Waals surface area (Å²) >= 11 is 0. The summed E-state index contributed by atoms with van der Waals surface area (Å²) < 4.78 is 5.20. The zero-order valence-electron chi connectivity index (χ0n) is 11.9. The van der Waals surface area contributed by atoms with E-state index in [1.807, 2.05) is 19.1 Å². The van der Waals surface area contributed by atoms with Crippen LogP contribution >= 0.6 is 0 Å². The zero-order chi connectivity index (χ0) is 15.2. The van der Waals surface area contributed by atoms with Crippen LogP contribution in [0.4, 0.5) is 5.69 Å². The van der Waals surface area contributed by atoms with Gasteiger partial charge >= 0.3 is 0 Å². The molecule has 2 aromatic rings. The van der Waals surface area contributed by atoms with Crippen LogP contribution in [0.5, 0.6) is 5.88 Å². The van der Waals surface area contributed by atoms with Crippen molar-refractivity contribution < 1.29 is 9.66 Å². The summed E-state index contributed by atoms with van der Waals surface area (Å²) in [5.41, 5.74) is 2.05. The minimum atomic E-state index is -0.400. The van der Waals surface area contributed by atoms with Gasteiger partial charge in [0.05, 0.1) is 12.0 Å². The number of aromatic nitrogens is 1. The van der Waals surface area contributed by atoms with Crippen LogP contribution in [0, 0.1) is 10.1 Å². The van der Waals surface area contributed by atoms with E-state index in [9.17, 15) is 10.1 Å². The molecule has 0 aliphatic carbocycles. The molecule has 0 saturated carbocycles. The Morgan fingerprint density at radius 1 is 1.33 bits per heavy atom. The molecule has 0 fully saturated rings. The minimum absolute atomic E-state index is 0.0655. The number of nitrogens with one attached hydrogen (secondary N) is 1. The Hall–Kier alpha value is -2.47. The van der Waals surface area contributed by atoms with Gasteiger partial charge in [-0.25, -0.2) is 4.98 Å². The quantitative estimate of drug-likeness (QED) is 0.653. The molecule has 0 saturated heterocycles. The maximum Gasteiger partial charge on any atom is 0.269 e. The van der Waals surface area contributed by atoms with Gasteiger partial charge in [0, 0.05) is 36.5 Å². The number of rotatable bonds is 6. The van der Waals surface area contributed by atoms with Gasteiger partial charge in [-0.15, -0.1) is 0 Å². The molecule has 0 spiro atoms. The number of hydrogen-bond donors (Lipinski definition) is 1. The number of methoxy groups -OCH3 is 1. The third-order valence-corrected chi connectivity index (χ3v) is 3.25. The van der Waals surface area contributed by atoms with Gasteiger partial charge in [0.1, 0.15) is 0 Å². The van der Waals surface area contributed by atoms with Crippen LogP contribution in [0.3, 0.4) is 0 Å². The standard InChI is InChI=1S/C15H17N3O3/c1-11(12-5-7-14(8-6-12)18(19)20)17-10-13-4-3-9-16-15(13)21-2/h3-9,11,17H,10H2,1-2H3. The van der Waals surface area contributed by atoms with Crippen LogP contribution in [-0.2, 0) is 6.54 Å². The van der Waals surface area contributed by atoms with Gasteiger partial charge in [0.15, 0.2) is 0 Å². The molecule has 6 heteroatoms. The van der Waals surface area contributed by atoms with E-state index in [1.54, 1.807) is 25.4 Å². The summed E-state index contributed by atoms with van der Waals surface area (Å²) in [6.45, 7) is 2.61. The van der Waals surface area contributed by atoms with Crippen LogP contribution in [0.15, 0.2) is 42.6 Å². The highest BCUT2D eigenvalue weighted by Crippen LogP contribution is 2.19. The second-order valence-electron chi connectivity index (χ2n) is 4.62. The second-order valence-corrected chi connectivity index (χ2v) is 4.62. The monoisotopic (exact) mass is 287 g/mol. The molecule has 1 heterocycles. The Kier molecular flexibility index (Phi) is 4.84. The number of hydrogen-bond acceptors (Lipinski definition) is 5. The first-order chi connectivity index (χ1) is 10.1. The molecule has 0 aliphatic rings. The van der Waals surface area contributed by atoms with Crippen molar-refractivity contribution in [2.45, 2.75) is 19.5 Å². The number of ether oxygens (including phenoxy) is 1. The molecule has 0 aliphatic heterocycles.